The standard InChI is InChI=1S/C12H15N3O5/c1-7(2)6-13-12(16)9-4-10(14(17)18)8(3)11(5-9)15(19)20/h4-5,7H,6H2,1-3H3,(H,13,16). The fraction of sp³-hybridized carbons (Fsp3) is 0.417. The van der Waals surface area contributed by atoms with Crippen LogP contribution in [0, 0.1) is 33.1 Å². The zero-order valence-corrected chi connectivity index (χ0v) is 11.4. The monoisotopic (exact) mass is 281 g/mol. The van der Waals surface area contributed by atoms with Crippen molar-refractivity contribution in [1.29, 1.82) is 0 Å². The van der Waals surface area contributed by atoms with Gasteiger partial charge in [-0.25, -0.2) is 0 Å². The second-order valence-electron chi connectivity index (χ2n) is 4.76. The number of nitrogens with zero attached hydrogens (tertiary/aromatic N) is 2. The van der Waals surface area contributed by atoms with E-state index in [2.05, 4.69) is 5.32 Å². The van der Waals surface area contributed by atoms with Gasteiger partial charge in [-0.15, -0.1) is 0 Å². The number of benzene rings is 1. The summed E-state index contributed by atoms with van der Waals surface area (Å²) in [5.41, 5.74) is -1.03. The van der Waals surface area contributed by atoms with Crippen LogP contribution in [0.4, 0.5) is 11.4 Å². The summed E-state index contributed by atoms with van der Waals surface area (Å²) in [5, 5.41) is 24.3. The molecule has 0 radical (unpaired) electrons. The molecule has 0 bridgehead atoms. The molecular weight excluding hydrogens is 266 g/mol. The predicted molar refractivity (Wildman–Crippen MR) is 71.7 cm³/mol. The van der Waals surface area contributed by atoms with Gasteiger partial charge in [-0.1, -0.05) is 13.8 Å². The maximum Gasteiger partial charge on any atom is 0.279 e. The third kappa shape index (κ3) is 3.50. The van der Waals surface area contributed by atoms with E-state index in [0.29, 0.717) is 6.54 Å². The molecule has 8 nitrogen and oxygen atoms in total. The van der Waals surface area contributed by atoms with Gasteiger partial charge in [0.1, 0.15) is 5.56 Å². The van der Waals surface area contributed by atoms with Gasteiger partial charge in [0.15, 0.2) is 0 Å². The van der Waals surface area contributed by atoms with E-state index >= 15 is 0 Å². The molecule has 1 aromatic rings. The Labute approximate surface area is 115 Å². The van der Waals surface area contributed by atoms with Crippen LogP contribution in [0.5, 0.6) is 0 Å². The van der Waals surface area contributed by atoms with Crippen LogP contribution < -0.4 is 5.32 Å². The second kappa shape index (κ2) is 6.09. The van der Waals surface area contributed by atoms with Crippen LogP contribution in [0.15, 0.2) is 12.1 Å². The smallest absolute Gasteiger partial charge is 0.279 e. The van der Waals surface area contributed by atoms with E-state index < -0.39 is 27.1 Å². The second-order valence-corrected chi connectivity index (χ2v) is 4.76. The summed E-state index contributed by atoms with van der Waals surface area (Å²) < 4.78 is 0. The van der Waals surface area contributed by atoms with E-state index in [1.54, 1.807) is 0 Å². The number of rotatable bonds is 5. The molecule has 1 aromatic carbocycles. The summed E-state index contributed by atoms with van der Waals surface area (Å²) in [5.74, 6) is -0.362. The number of amides is 1. The Morgan fingerprint density at radius 3 is 2.00 bits per heavy atom. The number of nitrogens with one attached hydrogen (secondary N) is 1. The van der Waals surface area contributed by atoms with Crippen LogP contribution in [0.2, 0.25) is 0 Å². The molecule has 0 heterocycles. The first-order chi connectivity index (χ1) is 9.23. The van der Waals surface area contributed by atoms with Gasteiger partial charge in [-0.2, -0.15) is 0 Å². The molecule has 0 spiro atoms. The Hall–Kier alpha value is -2.51. The van der Waals surface area contributed by atoms with Crippen LogP contribution in [-0.4, -0.2) is 22.3 Å². The fourth-order valence-corrected chi connectivity index (χ4v) is 1.59. The van der Waals surface area contributed by atoms with E-state index in [-0.39, 0.29) is 17.0 Å². The van der Waals surface area contributed by atoms with Crippen LogP contribution in [-0.2, 0) is 0 Å². The van der Waals surface area contributed by atoms with Crippen molar-refractivity contribution < 1.29 is 14.6 Å². The van der Waals surface area contributed by atoms with Gasteiger partial charge in [-0.05, 0) is 12.8 Å². The maximum atomic E-state index is 11.9. The summed E-state index contributed by atoms with van der Waals surface area (Å²) in [7, 11) is 0. The van der Waals surface area contributed by atoms with Gasteiger partial charge in [0.05, 0.1) is 15.4 Å². The summed E-state index contributed by atoms with van der Waals surface area (Å²) in [6, 6.07) is 2.11. The van der Waals surface area contributed by atoms with Crippen LogP contribution in [0.3, 0.4) is 0 Å². The highest BCUT2D eigenvalue weighted by atomic mass is 16.6. The Bertz CT molecular complexity index is 533. The Kier molecular flexibility index (Phi) is 4.73. The fourth-order valence-electron chi connectivity index (χ4n) is 1.59. The van der Waals surface area contributed by atoms with Crippen molar-refractivity contribution in [2.24, 2.45) is 5.92 Å². The van der Waals surface area contributed by atoms with E-state index in [4.69, 9.17) is 0 Å². The lowest BCUT2D eigenvalue weighted by Crippen LogP contribution is -2.27. The molecule has 0 aliphatic heterocycles. The lowest BCUT2D eigenvalue weighted by molar-refractivity contribution is -0.395. The van der Waals surface area contributed by atoms with Gasteiger partial charge < -0.3 is 5.32 Å². The molecule has 0 aliphatic rings. The normalized spacial score (nSPS) is 10.4. The van der Waals surface area contributed by atoms with Crippen molar-refractivity contribution >= 4 is 17.3 Å². The third-order valence-corrected chi connectivity index (χ3v) is 2.68. The number of hydrogen-bond donors (Lipinski definition) is 1. The molecule has 1 amide bonds. The van der Waals surface area contributed by atoms with Crippen LogP contribution in [0.25, 0.3) is 0 Å². The summed E-state index contributed by atoms with van der Waals surface area (Å²) in [6.45, 7) is 5.45. The zero-order valence-electron chi connectivity index (χ0n) is 11.4. The summed E-state index contributed by atoms with van der Waals surface area (Å²) >= 11 is 0. The molecule has 108 valence electrons. The number of nitro groups is 2. The minimum Gasteiger partial charge on any atom is -0.352 e. The van der Waals surface area contributed by atoms with Crippen molar-refractivity contribution in [2.75, 3.05) is 6.54 Å². The van der Waals surface area contributed by atoms with E-state index in [1.807, 2.05) is 13.8 Å². The number of carbonyl (C=O) groups excluding carboxylic acids is 1. The average Bonchev–Trinajstić information content (AvgIpc) is 2.35. The number of hydrogen-bond acceptors (Lipinski definition) is 5. The molecule has 0 fully saturated rings. The Morgan fingerprint density at radius 1 is 1.20 bits per heavy atom. The van der Waals surface area contributed by atoms with Crippen molar-refractivity contribution in [3.63, 3.8) is 0 Å². The molecule has 0 aromatic heterocycles. The molecule has 1 N–H and O–H groups in total. The van der Waals surface area contributed by atoms with E-state index in [9.17, 15) is 25.0 Å². The van der Waals surface area contributed by atoms with Gasteiger partial charge in [-0.3, -0.25) is 25.0 Å². The molecule has 0 aliphatic carbocycles. The molecule has 20 heavy (non-hydrogen) atoms. The SMILES string of the molecule is Cc1c([N+](=O)[O-])cc(C(=O)NCC(C)C)cc1[N+](=O)[O-]. The first kappa shape index (κ1) is 15.5. The van der Waals surface area contributed by atoms with Gasteiger partial charge >= 0.3 is 0 Å². The first-order valence-corrected chi connectivity index (χ1v) is 5.95. The number of nitro benzene ring substituents is 2. The molecule has 0 atom stereocenters. The minimum absolute atomic E-state index is 0.0691. The molecule has 0 saturated carbocycles. The highest BCUT2D eigenvalue weighted by molar-refractivity contribution is 5.96. The van der Waals surface area contributed by atoms with Gasteiger partial charge in [0, 0.05) is 18.7 Å². The maximum absolute atomic E-state index is 11.9. The van der Waals surface area contributed by atoms with Crippen molar-refractivity contribution in [3.8, 4) is 0 Å². The molecular formula is C12H15N3O5. The molecule has 8 heteroatoms. The van der Waals surface area contributed by atoms with Crippen molar-refractivity contribution in [2.45, 2.75) is 20.8 Å². The molecule has 1 rings (SSSR count). The van der Waals surface area contributed by atoms with Crippen LogP contribution >= 0.6 is 0 Å². The average molecular weight is 281 g/mol. The lowest BCUT2D eigenvalue weighted by atomic mass is 10.1. The first-order valence-electron chi connectivity index (χ1n) is 5.95. The Balaban J connectivity index is 3.24. The molecule has 0 unspecified atom stereocenters. The van der Waals surface area contributed by atoms with Crippen molar-refractivity contribution in [3.05, 3.63) is 43.5 Å². The Morgan fingerprint density at radius 2 is 1.65 bits per heavy atom. The van der Waals surface area contributed by atoms with Gasteiger partial charge in [0.2, 0.25) is 0 Å². The third-order valence-electron chi connectivity index (χ3n) is 2.68. The highest BCUT2D eigenvalue weighted by Gasteiger charge is 2.25. The number of carbonyl (C=O) groups is 1. The topological polar surface area (TPSA) is 115 Å². The highest BCUT2D eigenvalue weighted by Crippen LogP contribution is 2.29. The zero-order chi connectivity index (χ0) is 15.4. The lowest BCUT2D eigenvalue weighted by Gasteiger charge is -2.08. The van der Waals surface area contributed by atoms with Gasteiger partial charge in [0.25, 0.3) is 17.3 Å². The molecule has 0 saturated heterocycles. The summed E-state index contributed by atoms with van der Waals surface area (Å²) in [4.78, 5) is 32.2. The quantitative estimate of drug-likeness (QED) is 0.656. The van der Waals surface area contributed by atoms with Crippen molar-refractivity contribution in [1.82, 2.24) is 5.32 Å². The largest absolute Gasteiger partial charge is 0.352 e. The van der Waals surface area contributed by atoms with E-state index in [1.165, 1.54) is 6.92 Å². The van der Waals surface area contributed by atoms with Crippen LogP contribution in [0.1, 0.15) is 29.8 Å². The summed E-state index contributed by atoms with van der Waals surface area (Å²) in [6.07, 6.45) is 0. The predicted octanol–water partition coefficient (Wildman–Crippen LogP) is 2.20. The van der Waals surface area contributed by atoms with E-state index in [0.717, 1.165) is 12.1 Å². The minimum atomic E-state index is -0.735.